The molecule has 0 aliphatic carbocycles. The summed E-state index contributed by atoms with van der Waals surface area (Å²) < 4.78 is 23.9. The van der Waals surface area contributed by atoms with Gasteiger partial charge < -0.3 is 29.7 Å². The standard InChI is InChI=1S/C23H23N5O5/c1-30-15-4-2-3-14(9-15)28-18-11-20-19(32-13-33-20)10-16(18)26-21(28)5-7-25-8-6-22-27-17(12-31-22)23(24)29/h2-4,9-12,25H,5-8,13H2,1H3,(H2,24,29). The first-order chi connectivity index (χ1) is 16.1. The lowest BCUT2D eigenvalue weighted by atomic mass is 10.2. The Morgan fingerprint density at radius 2 is 1.97 bits per heavy atom. The van der Waals surface area contributed by atoms with Crippen LogP contribution in [0.5, 0.6) is 17.2 Å². The Hall–Kier alpha value is -4.05. The van der Waals surface area contributed by atoms with E-state index in [0.717, 1.165) is 28.3 Å². The van der Waals surface area contributed by atoms with Crippen LogP contribution in [-0.4, -0.2) is 47.4 Å². The second-order valence-electron chi connectivity index (χ2n) is 7.50. The maximum Gasteiger partial charge on any atom is 0.270 e. The largest absolute Gasteiger partial charge is 0.497 e. The molecule has 3 N–H and O–H groups in total. The predicted molar refractivity (Wildman–Crippen MR) is 119 cm³/mol. The first-order valence-corrected chi connectivity index (χ1v) is 10.5. The molecule has 33 heavy (non-hydrogen) atoms. The number of carbonyl (C=O) groups excluding carboxylic acids is 1. The quantitative estimate of drug-likeness (QED) is 0.373. The number of aromatic nitrogens is 3. The third-order valence-electron chi connectivity index (χ3n) is 5.38. The van der Waals surface area contributed by atoms with E-state index in [9.17, 15) is 4.79 Å². The van der Waals surface area contributed by atoms with Gasteiger partial charge in [-0.1, -0.05) is 6.07 Å². The molecule has 1 aliphatic rings. The van der Waals surface area contributed by atoms with Crippen LogP contribution in [0.2, 0.25) is 0 Å². The highest BCUT2D eigenvalue weighted by Gasteiger charge is 2.20. The predicted octanol–water partition coefficient (Wildman–Crippen LogP) is 2.22. The molecule has 170 valence electrons. The van der Waals surface area contributed by atoms with Crippen LogP contribution in [-0.2, 0) is 12.8 Å². The molecule has 2 aromatic carbocycles. The van der Waals surface area contributed by atoms with Gasteiger partial charge in [-0.2, -0.15) is 0 Å². The Morgan fingerprint density at radius 1 is 1.15 bits per heavy atom. The molecule has 5 rings (SSSR count). The first kappa shape index (κ1) is 20.8. The Morgan fingerprint density at radius 3 is 2.76 bits per heavy atom. The fourth-order valence-corrected chi connectivity index (χ4v) is 3.78. The van der Waals surface area contributed by atoms with Crippen LogP contribution >= 0.6 is 0 Å². The molecule has 0 bridgehead atoms. The lowest BCUT2D eigenvalue weighted by molar-refractivity contribution is 0.0995. The molecule has 0 atom stereocenters. The van der Waals surface area contributed by atoms with E-state index in [0.29, 0.717) is 43.3 Å². The van der Waals surface area contributed by atoms with Crippen LogP contribution in [0.4, 0.5) is 0 Å². The summed E-state index contributed by atoms with van der Waals surface area (Å²) >= 11 is 0. The normalized spacial score (nSPS) is 12.4. The number of hydrogen-bond donors (Lipinski definition) is 2. The Labute approximate surface area is 189 Å². The molecule has 4 aromatic rings. The number of methoxy groups -OCH3 is 1. The van der Waals surface area contributed by atoms with Crippen molar-refractivity contribution in [1.82, 2.24) is 19.9 Å². The van der Waals surface area contributed by atoms with E-state index >= 15 is 0 Å². The van der Waals surface area contributed by atoms with Gasteiger partial charge in [0.05, 0.1) is 23.8 Å². The molecule has 0 unspecified atom stereocenters. The number of hydrogen-bond acceptors (Lipinski definition) is 8. The summed E-state index contributed by atoms with van der Waals surface area (Å²) in [6.07, 6.45) is 2.50. The maximum absolute atomic E-state index is 11.1. The van der Waals surface area contributed by atoms with Crippen molar-refractivity contribution < 1.29 is 23.4 Å². The molecule has 0 radical (unpaired) electrons. The molecular formula is C23H23N5O5. The van der Waals surface area contributed by atoms with Gasteiger partial charge in [-0.05, 0) is 12.1 Å². The molecule has 2 aromatic heterocycles. The number of fused-ring (bicyclic) bond motifs is 2. The third kappa shape index (κ3) is 4.20. The second-order valence-corrected chi connectivity index (χ2v) is 7.50. The van der Waals surface area contributed by atoms with E-state index in [-0.39, 0.29) is 12.5 Å². The zero-order valence-corrected chi connectivity index (χ0v) is 18.0. The van der Waals surface area contributed by atoms with Crippen molar-refractivity contribution >= 4 is 16.9 Å². The van der Waals surface area contributed by atoms with E-state index in [1.54, 1.807) is 7.11 Å². The average molecular weight is 449 g/mol. The summed E-state index contributed by atoms with van der Waals surface area (Å²) in [5.41, 5.74) is 8.05. The molecule has 1 aliphatic heterocycles. The fraction of sp³-hybridized carbons (Fsp3) is 0.261. The molecule has 0 spiro atoms. The van der Waals surface area contributed by atoms with E-state index in [1.807, 2.05) is 36.4 Å². The molecule has 10 nitrogen and oxygen atoms in total. The molecule has 10 heteroatoms. The van der Waals surface area contributed by atoms with Crippen molar-refractivity contribution in [3.8, 4) is 22.9 Å². The lowest BCUT2D eigenvalue weighted by Crippen LogP contribution is -2.21. The van der Waals surface area contributed by atoms with Gasteiger partial charge in [0.1, 0.15) is 17.8 Å². The zero-order chi connectivity index (χ0) is 22.8. The molecule has 1 amide bonds. The first-order valence-electron chi connectivity index (χ1n) is 10.5. The smallest absolute Gasteiger partial charge is 0.270 e. The van der Waals surface area contributed by atoms with Gasteiger partial charge >= 0.3 is 0 Å². The number of imidazole rings is 1. The number of oxazole rings is 1. The summed E-state index contributed by atoms with van der Waals surface area (Å²) in [5, 5.41) is 3.37. The van der Waals surface area contributed by atoms with Crippen molar-refractivity contribution in [2.24, 2.45) is 5.73 Å². The Bertz CT molecular complexity index is 1310. The van der Waals surface area contributed by atoms with Crippen LogP contribution in [0, 0.1) is 0 Å². The monoisotopic (exact) mass is 449 g/mol. The van der Waals surface area contributed by atoms with Crippen LogP contribution < -0.4 is 25.3 Å². The van der Waals surface area contributed by atoms with Gasteiger partial charge in [0.15, 0.2) is 23.1 Å². The molecule has 0 saturated heterocycles. The van der Waals surface area contributed by atoms with Crippen LogP contribution in [0.3, 0.4) is 0 Å². The highest BCUT2D eigenvalue weighted by Crippen LogP contribution is 2.37. The summed E-state index contributed by atoms with van der Waals surface area (Å²) in [4.78, 5) is 20.1. The number of carbonyl (C=O) groups is 1. The summed E-state index contributed by atoms with van der Waals surface area (Å²) in [5.74, 6) is 2.92. The van der Waals surface area contributed by atoms with Gasteiger partial charge in [-0.15, -0.1) is 0 Å². The van der Waals surface area contributed by atoms with Gasteiger partial charge in [-0.25, -0.2) is 9.97 Å². The summed E-state index contributed by atoms with van der Waals surface area (Å²) in [7, 11) is 1.65. The molecular weight excluding hydrogens is 426 g/mol. The van der Waals surface area contributed by atoms with Gasteiger partial charge in [-0.3, -0.25) is 9.36 Å². The van der Waals surface area contributed by atoms with E-state index in [2.05, 4.69) is 14.9 Å². The summed E-state index contributed by atoms with van der Waals surface area (Å²) in [6, 6.07) is 11.7. The average Bonchev–Trinajstić information content (AvgIpc) is 3.55. The number of nitrogens with zero attached hydrogens (tertiary/aromatic N) is 3. The molecule has 3 heterocycles. The van der Waals surface area contributed by atoms with E-state index in [1.165, 1.54) is 6.26 Å². The Balaban J connectivity index is 1.34. The number of primary amides is 1. The highest BCUT2D eigenvalue weighted by atomic mass is 16.7. The van der Waals surface area contributed by atoms with E-state index < -0.39 is 5.91 Å². The molecule has 0 fully saturated rings. The number of nitrogens with one attached hydrogen (secondary N) is 1. The highest BCUT2D eigenvalue weighted by molar-refractivity contribution is 5.90. The zero-order valence-electron chi connectivity index (χ0n) is 18.0. The number of benzene rings is 2. The van der Waals surface area contributed by atoms with Crippen molar-refractivity contribution in [3.63, 3.8) is 0 Å². The summed E-state index contributed by atoms with van der Waals surface area (Å²) in [6.45, 7) is 1.53. The minimum Gasteiger partial charge on any atom is -0.497 e. The minimum atomic E-state index is -0.601. The number of rotatable bonds is 9. The Kier molecular flexibility index (Phi) is 5.57. The van der Waals surface area contributed by atoms with Crippen molar-refractivity contribution in [1.29, 1.82) is 0 Å². The fourth-order valence-electron chi connectivity index (χ4n) is 3.78. The van der Waals surface area contributed by atoms with Crippen LogP contribution in [0.1, 0.15) is 22.2 Å². The maximum atomic E-state index is 11.1. The van der Waals surface area contributed by atoms with Crippen molar-refractivity contribution in [2.75, 3.05) is 27.0 Å². The number of ether oxygens (including phenoxy) is 3. The second kappa shape index (κ2) is 8.83. The minimum absolute atomic E-state index is 0.136. The molecule has 0 saturated carbocycles. The third-order valence-corrected chi connectivity index (χ3v) is 5.38. The van der Waals surface area contributed by atoms with Gasteiger partial charge in [0, 0.05) is 44.1 Å². The lowest BCUT2D eigenvalue weighted by Gasteiger charge is -2.11. The van der Waals surface area contributed by atoms with Gasteiger partial charge in [0.25, 0.3) is 5.91 Å². The van der Waals surface area contributed by atoms with Crippen molar-refractivity contribution in [2.45, 2.75) is 12.8 Å². The van der Waals surface area contributed by atoms with E-state index in [4.69, 9.17) is 29.3 Å². The van der Waals surface area contributed by atoms with Crippen molar-refractivity contribution in [3.05, 3.63) is 60.1 Å². The SMILES string of the molecule is COc1cccc(-n2c(CCNCCc3nc(C(N)=O)co3)nc3cc4c(cc32)OCO4)c1. The number of amides is 1. The van der Waals surface area contributed by atoms with Crippen LogP contribution in [0.15, 0.2) is 47.1 Å². The van der Waals surface area contributed by atoms with Gasteiger partial charge in [0.2, 0.25) is 6.79 Å². The number of nitrogens with two attached hydrogens (primary N) is 1. The topological polar surface area (TPSA) is 127 Å². The van der Waals surface area contributed by atoms with Crippen LogP contribution in [0.25, 0.3) is 16.7 Å².